The molecule has 0 amide bonds. The molecule has 0 spiro atoms. The van der Waals surface area contributed by atoms with E-state index in [1.54, 1.807) is 18.2 Å². The van der Waals surface area contributed by atoms with Crippen LogP contribution in [-0.4, -0.2) is 24.2 Å². The van der Waals surface area contributed by atoms with Crippen molar-refractivity contribution >= 4 is 17.6 Å². The molecule has 2 N–H and O–H groups in total. The fourth-order valence-electron chi connectivity index (χ4n) is 1.67. The summed E-state index contributed by atoms with van der Waals surface area (Å²) in [6.45, 7) is 0.368. The van der Waals surface area contributed by atoms with E-state index in [0.717, 1.165) is 5.69 Å². The molecule has 2 aromatic rings. The van der Waals surface area contributed by atoms with Crippen molar-refractivity contribution in [1.82, 2.24) is 0 Å². The predicted octanol–water partition coefficient (Wildman–Crippen LogP) is 2.38. The molecule has 0 radical (unpaired) electrons. The normalized spacial score (nSPS) is 10.1. The Kier molecular flexibility index (Phi) is 4.05. The average Bonchev–Trinajstić information content (AvgIpc) is 2.93. The number of rotatable bonds is 5. The SMILES string of the molecule is COC(=O)c1occc1CNc1ccc(C(=O)O)cc1. The number of nitrogens with one attached hydrogen (secondary N) is 1. The van der Waals surface area contributed by atoms with Gasteiger partial charge in [-0.1, -0.05) is 0 Å². The Bertz CT molecular complexity index is 615. The molecule has 1 aromatic carbocycles. The summed E-state index contributed by atoms with van der Waals surface area (Å²) in [6, 6.07) is 7.98. The van der Waals surface area contributed by atoms with Gasteiger partial charge in [0.2, 0.25) is 5.76 Å². The Morgan fingerprint density at radius 3 is 2.55 bits per heavy atom. The van der Waals surface area contributed by atoms with E-state index in [2.05, 4.69) is 10.1 Å². The van der Waals surface area contributed by atoms with Crippen molar-refractivity contribution in [3.05, 3.63) is 53.5 Å². The summed E-state index contributed by atoms with van der Waals surface area (Å²) in [5.41, 5.74) is 1.63. The molecule has 6 nitrogen and oxygen atoms in total. The van der Waals surface area contributed by atoms with Crippen LogP contribution in [0.1, 0.15) is 26.5 Å². The Morgan fingerprint density at radius 1 is 1.25 bits per heavy atom. The Labute approximate surface area is 115 Å². The predicted molar refractivity (Wildman–Crippen MR) is 70.8 cm³/mol. The highest BCUT2D eigenvalue weighted by Gasteiger charge is 2.15. The zero-order valence-corrected chi connectivity index (χ0v) is 10.8. The molecule has 104 valence electrons. The first kappa shape index (κ1) is 13.7. The molecular weight excluding hydrogens is 262 g/mol. The summed E-state index contributed by atoms with van der Waals surface area (Å²) in [4.78, 5) is 22.1. The van der Waals surface area contributed by atoms with E-state index in [1.165, 1.54) is 25.5 Å². The second-order valence-electron chi connectivity index (χ2n) is 4.00. The lowest BCUT2D eigenvalue weighted by molar-refractivity contribution is 0.0563. The van der Waals surface area contributed by atoms with E-state index in [9.17, 15) is 9.59 Å². The third-order valence-electron chi connectivity index (χ3n) is 2.73. The monoisotopic (exact) mass is 275 g/mol. The number of esters is 1. The van der Waals surface area contributed by atoms with Gasteiger partial charge in [0.15, 0.2) is 0 Å². The number of carbonyl (C=O) groups is 2. The van der Waals surface area contributed by atoms with Crippen LogP contribution >= 0.6 is 0 Å². The number of methoxy groups -OCH3 is 1. The molecule has 0 aliphatic heterocycles. The van der Waals surface area contributed by atoms with Crippen LogP contribution in [0, 0.1) is 0 Å². The average molecular weight is 275 g/mol. The molecule has 20 heavy (non-hydrogen) atoms. The van der Waals surface area contributed by atoms with E-state index in [0.29, 0.717) is 12.1 Å². The van der Waals surface area contributed by atoms with E-state index in [-0.39, 0.29) is 11.3 Å². The van der Waals surface area contributed by atoms with Crippen molar-refractivity contribution in [2.75, 3.05) is 12.4 Å². The Balaban J connectivity index is 2.04. The topological polar surface area (TPSA) is 88.8 Å². The highest BCUT2D eigenvalue weighted by molar-refractivity contribution is 5.88. The van der Waals surface area contributed by atoms with Gasteiger partial charge in [0, 0.05) is 17.8 Å². The van der Waals surface area contributed by atoms with Crippen LogP contribution in [0.4, 0.5) is 5.69 Å². The van der Waals surface area contributed by atoms with E-state index in [1.807, 2.05) is 0 Å². The van der Waals surface area contributed by atoms with E-state index < -0.39 is 11.9 Å². The maximum Gasteiger partial charge on any atom is 0.374 e. The summed E-state index contributed by atoms with van der Waals surface area (Å²) in [7, 11) is 1.28. The van der Waals surface area contributed by atoms with Crippen molar-refractivity contribution in [3.8, 4) is 0 Å². The van der Waals surface area contributed by atoms with Crippen LogP contribution in [0.25, 0.3) is 0 Å². The standard InChI is InChI=1S/C14H13NO5/c1-19-14(18)12-10(6-7-20-12)8-15-11-4-2-9(3-5-11)13(16)17/h2-7,15H,8H2,1H3,(H,16,17). The van der Waals surface area contributed by atoms with Gasteiger partial charge in [-0.25, -0.2) is 9.59 Å². The molecule has 0 bridgehead atoms. The largest absolute Gasteiger partial charge is 0.478 e. The summed E-state index contributed by atoms with van der Waals surface area (Å²) in [5.74, 6) is -1.35. The van der Waals surface area contributed by atoms with Gasteiger partial charge >= 0.3 is 11.9 Å². The minimum atomic E-state index is -0.973. The van der Waals surface area contributed by atoms with Gasteiger partial charge < -0.3 is 19.6 Å². The van der Waals surface area contributed by atoms with E-state index in [4.69, 9.17) is 9.52 Å². The lowest BCUT2D eigenvalue weighted by atomic mass is 10.2. The number of benzene rings is 1. The highest BCUT2D eigenvalue weighted by Crippen LogP contribution is 2.15. The summed E-state index contributed by atoms with van der Waals surface area (Å²) >= 11 is 0. The molecular formula is C14H13NO5. The van der Waals surface area contributed by atoms with Crippen LogP contribution in [-0.2, 0) is 11.3 Å². The summed E-state index contributed by atoms with van der Waals surface area (Å²) < 4.78 is 9.67. The zero-order valence-electron chi connectivity index (χ0n) is 10.8. The summed E-state index contributed by atoms with van der Waals surface area (Å²) in [5, 5.41) is 11.9. The van der Waals surface area contributed by atoms with Gasteiger partial charge in [0.25, 0.3) is 0 Å². The number of carbonyl (C=O) groups excluding carboxylic acids is 1. The molecule has 0 atom stereocenters. The minimum absolute atomic E-state index is 0.155. The minimum Gasteiger partial charge on any atom is -0.478 e. The van der Waals surface area contributed by atoms with Crippen molar-refractivity contribution in [1.29, 1.82) is 0 Å². The fourth-order valence-corrected chi connectivity index (χ4v) is 1.67. The van der Waals surface area contributed by atoms with Crippen molar-refractivity contribution < 1.29 is 23.8 Å². The number of furan rings is 1. The molecule has 0 fully saturated rings. The number of anilines is 1. The lowest BCUT2D eigenvalue weighted by Gasteiger charge is -2.06. The van der Waals surface area contributed by atoms with Gasteiger partial charge in [-0.15, -0.1) is 0 Å². The second-order valence-corrected chi connectivity index (χ2v) is 4.00. The highest BCUT2D eigenvalue weighted by atomic mass is 16.5. The number of aromatic carboxylic acids is 1. The first-order valence-corrected chi connectivity index (χ1v) is 5.83. The number of hydrogen-bond acceptors (Lipinski definition) is 5. The Morgan fingerprint density at radius 2 is 1.95 bits per heavy atom. The number of hydrogen-bond donors (Lipinski definition) is 2. The van der Waals surface area contributed by atoms with E-state index >= 15 is 0 Å². The molecule has 0 saturated heterocycles. The molecule has 0 unspecified atom stereocenters. The number of carboxylic acid groups (broad SMARTS) is 1. The molecule has 0 aliphatic carbocycles. The van der Waals surface area contributed by atoms with Crippen LogP contribution < -0.4 is 5.32 Å². The summed E-state index contributed by atoms with van der Waals surface area (Å²) in [6.07, 6.45) is 1.41. The van der Waals surface area contributed by atoms with Gasteiger partial charge in [-0.05, 0) is 30.3 Å². The molecule has 1 aromatic heterocycles. The fraction of sp³-hybridized carbons (Fsp3) is 0.143. The first-order valence-electron chi connectivity index (χ1n) is 5.83. The molecule has 0 saturated carbocycles. The second kappa shape index (κ2) is 5.92. The van der Waals surface area contributed by atoms with Crippen LogP contribution in [0.15, 0.2) is 41.0 Å². The molecule has 2 rings (SSSR count). The van der Waals surface area contributed by atoms with Crippen LogP contribution in [0.3, 0.4) is 0 Å². The van der Waals surface area contributed by atoms with Crippen molar-refractivity contribution in [2.45, 2.75) is 6.54 Å². The third kappa shape index (κ3) is 2.97. The quantitative estimate of drug-likeness (QED) is 0.814. The smallest absolute Gasteiger partial charge is 0.374 e. The van der Waals surface area contributed by atoms with Crippen LogP contribution in [0.5, 0.6) is 0 Å². The van der Waals surface area contributed by atoms with Gasteiger partial charge in [-0.2, -0.15) is 0 Å². The zero-order chi connectivity index (χ0) is 14.5. The van der Waals surface area contributed by atoms with Crippen LogP contribution in [0.2, 0.25) is 0 Å². The molecule has 0 aliphatic rings. The van der Waals surface area contributed by atoms with Gasteiger partial charge in [0.05, 0.1) is 18.9 Å². The number of carboxylic acids is 1. The number of ether oxygens (including phenoxy) is 1. The van der Waals surface area contributed by atoms with Crippen molar-refractivity contribution in [2.24, 2.45) is 0 Å². The van der Waals surface area contributed by atoms with Crippen molar-refractivity contribution in [3.63, 3.8) is 0 Å². The molecule has 6 heteroatoms. The molecule has 1 heterocycles. The van der Waals surface area contributed by atoms with Gasteiger partial charge in [0.1, 0.15) is 0 Å². The maximum atomic E-state index is 11.4. The Hall–Kier alpha value is -2.76. The van der Waals surface area contributed by atoms with Gasteiger partial charge in [-0.3, -0.25) is 0 Å². The maximum absolute atomic E-state index is 11.4. The lowest BCUT2D eigenvalue weighted by Crippen LogP contribution is -2.07. The first-order chi connectivity index (χ1) is 9.61. The third-order valence-corrected chi connectivity index (χ3v) is 2.73.